The summed E-state index contributed by atoms with van der Waals surface area (Å²) in [5.41, 5.74) is 14.4. The SMILES string of the molecule is NC(=O)C(N)(N)Br. The van der Waals surface area contributed by atoms with Crippen molar-refractivity contribution in [3.8, 4) is 0 Å². The standard InChI is InChI=1S/C2H6BrN3O/c3-2(5,6)1(4)7/h5-6H2,(H2,4,7). The largest absolute Gasteiger partial charge is 0.366 e. The van der Waals surface area contributed by atoms with Crippen molar-refractivity contribution in [1.29, 1.82) is 0 Å². The zero-order valence-electron chi connectivity index (χ0n) is 3.52. The minimum atomic E-state index is -1.55. The summed E-state index contributed by atoms with van der Waals surface area (Å²) in [5, 5.41) is 0. The molecule has 0 atom stereocenters. The van der Waals surface area contributed by atoms with E-state index in [1.54, 1.807) is 0 Å². The molecule has 4 nitrogen and oxygen atoms in total. The van der Waals surface area contributed by atoms with Crippen molar-refractivity contribution in [1.82, 2.24) is 0 Å². The lowest BCUT2D eigenvalue weighted by Gasteiger charge is -2.08. The van der Waals surface area contributed by atoms with Gasteiger partial charge in [-0.15, -0.1) is 0 Å². The third-order valence-electron chi connectivity index (χ3n) is 0.378. The van der Waals surface area contributed by atoms with Crippen LogP contribution in [0.1, 0.15) is 0 Å². The molecule has 0 heterocycles. The number of halogens is 1. The summed E-state index contributed by atoms with van der Waals surface area (Å²) in [6.07, 6.45) is 0. The molecule has 0 aliphatic carbocycles. The Morgan fingerprint density at radius 1 is 1.57 bits per heavy atom. The van der Waals surface area contributed by atoms with E-state index < -0.39 is 10.5 Å². The number of rotatable bonds is 1. The molecule has 0 spiro atoms. The highest BCUT2D eigenvalue weighted by Crippen LogP contribution is 1.96. The highest BCUT2D eigenvalue weighted by atomic mass is 79.9. The molecule has 0 radical (unpaired) electrons. The summed E-state index contributed by atoms with van der Waals surface area (Å²) in [7, 11) is 0. The van der Waals surface area contributed by atoms with Crippen LogP contribution in [0.3, 0.4) is 0 Å². The monoisotopic (exact) mass is 167 g/mol. The molecule has 6 N–H and O–H groups in total. The van der Waals surface area contributed by atoms with Gasteiger partial charge in [-0.2, -0.15) is 0 Å². The highest BCUT2D eigenvalue weighted by Gasteiger charge is 2.20. The van der Waals surface area contributed by atoms with Gasteiger partial charge in [-0.05, 0) is 15.9 Å². The van der Waals surface area contributed by atoms with E-state index in [9.17, 15) is 4.79 Å². The third kappa shape index (κ3) is 2.55. The molecule has 0 aliphatic rings. The van der Waals surface area contributed by atoms with Gasteiger partial charge < -0.3 is 5.73 Å². The summed E-state index contributed by atoms with van der Waals surface area (Å²) in [4.78, 5) is 9.95. The number of nitrogens with two attached hydrogens (primary N) is 3. The Morgan fingerprint density at radius 3 is 1.71 bits per heavy atom. The minimum absolute atomic E-state index is 0.785. The molecule has 5 heteroatoms. The predicted molar refractivity (Wildman–Crippen MR) is 29.2 cm³/mol. The van der Waals surface area contributed by atoms with Gasteiger partial charge in [0.2, 0.25) is 4.57 Å². The number of hydrogen-bond acceptors (Lipinski definition) is 3. The van der Waals surface area contributed by atoms with E-state index >= 15 is 0 Å². The van der Waals surface area contributed by atoms with Crippen LogP contribution in [0.5, 0.6) is 0 Å². The second-order valence-electron chi connectivity index (χ2n) is 1.13. The van der Waals surface area contributed by atoms with Crippen molar-refractivity contribution in [3.05, 3.63) is 0 Å². The summed E-state index contributed by atoms with van der Waals surface area (Å²) in [6.45, 7) is 0. The Labute approximate surface area is 49.2 Å². The van der Waals surface area contributed by atoms with Gasteiger partial charge >= 0.3 is 0 Å². The van der Waals surface area contributed by atoms with Gasteiger partial charge in [0.15, 0.2) is 0 Å². The molecule has 0 aromatic rings. The van der Waals surface area contributed by atoms with Gasteiger partial charge in [0.1, 0.15) is 0 Å². The minimum Gasteiger partial charge on any atom is -0.366 e. The smallest absolute Gasteiger partial charge is 0.263 e. The Hall–Kier alpha value is -0.130. The number of carbonyl (C=O) groups is 1. The number of hydrogen-bond donors (Lipinski definition) is 3. The van der Waals surface area contributed by atoms with Gasteiger partial charge in [0, 0.05) is 0 Å². The summed E-state index contributed by atoms with van der Waals surface area (Å²) < 4.78 is -1.55. The van der Waals surface area contributed by atoms with Crippen molar-refractivity contribution in [2.45, 2.75) is 4.57 Å². The maximum Gasteiger partial charge on any atom is 0.263 e. The van der Waals surface area contributed by atoms with E-state index in [0.717, 1.165) is 0 Å². The molecule has 0 aromatic heterocycles. The fraction of sp³-hybridized carbons (Fsp3) is 0.500. The van der Waals surface area contributed by atoms with Crippen molar-refractivity contribution in [2.75, 3.05) is 0 Å². The first-order chi connectivity index (χ1) is 2.94. The Balaban J connectivity index is 3.79. The van der Waals surface area contributed by atoms with Crippen molar-refractivity contribution in [2.24, 2.45) is 17.2 Å². The van der Waals surface area contributed by atoms with Crippen molar-refractivity contribution >= 4 is 21.8 Å². The zero-order valence-corrected chi connectivity index (χ0v) is 5.10. The van der Waals surface area contributed by atoms with Gasteiger partial charge in [-0.3, -0.25) is 16.3 Å². The van der Waals surface area contributed by atoms with Crippen LogP contribution in [0.25, 0.3) is 0 Å². The Morgan fingerprint density at radius 2 is 1.71 bits per heavy atom. The third-order valence-corrected chi connectivity index (χ3v) is 0.768. The van der Waals surface area contributed by atoms with Crippen LogP contribution in [0.15, 0.2) is 0 Å². The van der Waals surface area contributed by atoms with Gasteiger partial charge in [0.25, 0.3) is 5.91 Å². The molecule has 0 bridgehead atoms. The van der Waals surface area contributed by atoms with E-state index in [2.05, 4.69) is 21.7 Å². The molecule has 0 unspecified atom stereocenters. The summed E-state index contributed by atoms with van der Waals surface area (Å²) in [6, 6.07) is 0. The normalized spacial score (nSPS) is 11.3. The van der Waals surface area contributed by atoms with Crippen LogP contribution in [-0.2, 0) is 4.79 Å². The lowest BCUT2D eigenvalue weighted by molar-refractivity contribution is -0.119. The molecular formula is C2H6BrN3O. The quantitative estimate of drug-likeness (QED) is 0.251. The van der Waals surface area contributed by atoms with Crippen molar-refractivity contribution in [3.63, 3.8) is 0 Å². The average molecular weight is 168 g/mol. The van der Waals surface area contributed by atoms with Crippen molar-refractivity contribution < 1.29 is 4.79 Å². The molecule has 0 saturated heterocycles. The zero-order chi connectivity index (χ0) is 6.08. The van der Waals surface area contributed by atoms with Crippen LogP contribution in [-0.4, -0.2) is 10.5 Å². The van der Waals surface area contributed by atoms with Crippen LogP contribution < -0.4 is 17.2 Å². The predicted octanol–water partition coefficient (Wildman–Crippen LogP) is -1.56. The van der Waals surface area contributed by atoms with Crippen LogP contribution in [0.4, 0.5) is 0 Å². The van der Waals surface area contributed by atoms with E-state index in [0.29, 0.717) is 0 Å². The van der Waals surface area contributed by atoms with Crippen LogP contribution in [0, 0.1) is 0 Å². The number of amides is 1. The molecule has 0 aromatic carbocycles. The second-order valence-corrected chi connectivity index (χ2v) is 2.44. The molecule has 0 fully saturated rings. The molecule has 0 rings (SSSR count). The van der Waals surface area contributed by atoms with E-state index in [1.165, 1.54) is 0 Å². The average Bonchev–Trinajstić information content (AvgIpc) is 1.31. The molecule has 0 aliphatic heterocycles. The van der Waals surface area contributed by atoms with E-state index in [1.807, 2.05) is 0 Å². The number of carbonyl (C=O) groups excluding carboxylic acids is 1. The molecule has 7 heavy (non-hydrogen) atoms. The Kier molecular flexibility index (Phi) is 1.74. The summed E-state index contributed by atoms with van der Waals surface area (Å²) in [5.74, 6) is -0.785. The first-order valence-electron chi connectivity index (χ1n) is 1.51. The first-order valence-corrected chi connectivity index (χ1v) is 2.30. The number of alkyl halides is 1. The fourth-order valence-corrected chi connectivity index (χ4v) is 0. The molecule has 42 valence electrons. The maximum absolute atomic E-state index is 9.95. The maximum atomic E-state index is 9.95. The van der Waals surface area contributed by atoms with Gasteiger partial charge in [0.05, 0.1) is 0 Å². The molecule has 1 amide bonds. The highest BCUT2D eigenvalue weighted by molar-refractivity contribution is 9.10. The lowest BCUT2D eigenvalue weighted by atomic mass is 10.5. The fourth-order valence-electron chi connectivity index (χ4n) is 0. The van der Waals surface area contributed by atoms with E-state index in [4.69, 9.17) is 11.5 Å². The second kappa shape index (κ2) is 1.77. The first kappa shape index (κ1) is 6.87. The lowest BCUT2D eigenvalue weighted by Crippen LogP contribution is -2.54. The van der Waals surface area contributed by atoms with Gasteiger partial charge in [-0.1, -0.05) is 0 Å². The summed E-state index contributed by atoms with van der Waals surface area (Å²) >= 11 is 2.62. The molecule has 0 saturated carbocycles. The van der Waals surface area contributed by atoms with Crippen LogP contribution >= 0.6 is 15.9 Å². The van der Waals surface area contributed by atoms with Crippen LogP contribution in [0.2, 0.25) is 0 Å². The molecular weight excluding hydrogens is 162 g/mol. The Bertz CT molecular complexity index is 85.4. The topological polar surface area (TPSA) is 95.1 Å². The number of primary amides is 1. The van der Waals surface area contributed by atoms with E-state index in [-0.39, 0.29) is 0 Å². The van der Waals surface area contributed by atoms with Gasteiger partial charge in [-0.25, -0.2) is 0 Å².